The van der Waals surface area contributed by atoms with Crippen LogP contribution < -0.4 is 10.1 Å². The number of carbonyl (C=O) groups is 2. The molecule has 6 nitrogen and oxygen atoms in total. The van der Waals surface area contributed by atoms with E-state index in [1.165, 1.54) is 7.11 Å². The minimum Gasteiger partial charge on any atom is -0.497 e. The summed E-state index contributed by atoms with van der Waals surface area (Å²) in [6.07, 6.45) is -0.560. The Morgan fingerprint density at radius 3 is 2.52 bits per heavy atom. The lowest BCUT2D eigenvalue weighted by Gasteiger charge is -2.20. The predicted molar refractivity (Wildman–Crippen MR) is 86.1 cm³/mol. The fourth-order valence-corrected chi connectivity index (χ4v) is 2.19. The van der Waals surface area contributed by atoms with E-state index in [4.69, 9.17) is 9.47 Å². The summed E-state index contributed by atoms with van der Waals surface area (Å²) in [5.74, 6) is -0.294. The topological polar surface area (TPSA) is 84.9 Å². The van der Waals surface area contributed by atoms with Crippen LogP contribution in [0.5, 0.6) is 5.75 Å². The first-order chi connectivity index (χ1) is 10.9. The van der Waals surface area contributed by atoms with Gasteiger partial charge in [-0.1, -0.05) is 26.0 Å². The highest BCUT2D eigenvalue weighted by molar-refractivity contribution is 5.87. The fraction of sp³-hybridized carbons (Fsp3) is 0.529. The lowest BCUT2D eigenvalue weighted by molar-refractivity contribution is -0.146. The van der Waals surface area contributed by atoms with Gasteiger partial charge in [0.15, 0.2) is 0 Å². The van der Waals surface area contributed by atoms with Crippen LogP contribution in [0.25, 0.3) is 0 Å². The van der Waals surface area contributed by atoms with Gasteiger partial charge in [-0.25, -0.2) is 4.79 Å². The number of methoxy groups -OCH3 is 2. The molecule has 0 aliphatic rings. The number of benzene rings is 1. The van der Waals surface area contributed by atoms with Crippen molar-refractivity contribution in [3.63, 3.8) is 0 Å². The van der Waals surface area contributed by atoms with Crippen molar-refractivity contribution in [1.82, 2.24) is 5.32 Å². The zero-order valence-corrected chi connectivity index (χ0v) is 14.0. The van der Waals surface area contributed by atoms with E-state index in [2.05, 4.69) is 5.32 Å². The second kappa shape index (κ2) is 9.15. The van der Waals surface area contributed by atoms with Gasteiger partial charge in [0, 0.05) is 6.42 Å². The number of nitrogens with one attached hydrogen (secondary N) is 1. The van der Waals surface area contributed by atoms with Crippen LogP contribution >= 0.6 is 0 Å². The van der Waals surface area contributed by atoms with Gasteiger partial charge in [-0.05, 0) is 30.0 Å². The van der Waals surface area contributed by atoms with E-state index in [-0.39, 0.29) is 12.3 Å². The average Bonchev–Trinajstić information content (AvgIpc) is 2.52. The highest BCUT2D eigenvalue weighted by Crippen LogP contribution is 2.15. The Hall–Kier alpha value is -2.08. The van der Waals surface area contributed by atoms with Crippen molar-refractivity contribution in [2.75, 3.05) is 14.2 Å². The Kier molecular flexibility index (Phi) is 7.54. The van der Waals surface area contributed by atoms with Crippen molar-refractivity contribution in [2.45, 2.75) is 38.8 Å². The molecule has 0 bridgehead atoms. The number of carbonyl (C=O) groups excluding carboxylic acids is 2. The summed E-state index contributed by atoms with van der Waals surface area (Å²) in [6.45, 7) is 3.81. The molecule has 1 rings (SSSR count). The number of aliphatic hydroxyl groups is 1. The van der Waals surface area contributed by atoms with Crippen molar-refractivity contribution in [3.8, 4) is 5.75 Å². The molecule has 1 aromatic rings. The summed E-state index contributed by atoms with van der Waals surface area (Å²) in [6, 6.07) is 6.35. The van der Waals surface area contributed by atoms with Gasteiger partial charge in [0.25, 0.3) is 0 Å². The van der Waals surface area contributed by atoms with Gasteiger partial charge in [0.2, 0.25) is 5.91 Å². The molecule has 0 aliphatic heterocycles. The molecule has 0 radical (unpaired) electrons. The quantitative estimate of drug-likeness (QED) is 0.705. The van der Waals surface area contributed by atoms with Gasteiger partial charge in [-0.3, -0.25) is 4.79 Å². The SMILES string of the molecule is COC(=O)[C@@H](Cc1cccc(OC)c1)NC(=O)[C@H](O)CC(C)C. The van der Waals surface area contributed by atoms with E-state index >= 15 is 0 Å². The van der Waals surface area contributed by atoms with E-state index in [1.807, 2.05) is 19.9 Å². The lowest BCUT2D eigenvalue weighted by atomic mass is 10.0. The third kappa shape index (κ3) is 6.28. The molecule has 0 saturated heterocycles. The van der Waals surface area contributed by atoms with Gasteiger partial charge in [0.05, 0.1) is 14.2 Å². The molecular weight excluding hydrogens is 298 g/mol. The second-order valence-electron chi connectivity index (χ2n) is 5.79. The standard InChI is InChI=1S/C17H25NO5/c1-11(2)8-15(19)16(20)18-14(17(21)23-4)10-12-6-5-7-13(9-12)22-3/h5-7,9,11,14-15,19H,8,10H2,1-4H3,(H,18,20)/t14-,15-/m1/s1. The van der Waals surface area contributed by atoms with Gasteiger partial charge in [-0.2, -0.15) is 0 Å². The van der Waals surface area contributed by atoms with Crippen molar-refractivity contribution in [1.29, 1.82) is 0 Å². The zero-order chi connectivity index (χ0) is 17.4. The van der Waals surface area contributed by atoms with Crippen molar-refractivity contribution < 1.29 is 24.2 Å². The maximum Gasteiger partial charge on any atom is 0.328 e. The van der Waals surface area contributed by atoms with Crippen LogP contribution in [0.3, 0.4) is 0 Å². The normalized spacial score (nSPS) is 13.3. The number of ether oxygens (including phenoxy) is 2. The molecule has 0 saturated carbocycles. The Balaban J connectivity index is 2.80. The van der Waals surface area contributed by atoms with Crippen LogP contribution in [0.2, 0.25) is 0 Å². The van der Waals surface area contributed by atoms with Crippen LogP contribution in [0.15, 0.2) is 24.3 Å². The van der Waals surface area contributed by atoms with Crippen LogP contribution in [0, 0.1) is 5.92 Å². The Bertz CT molecular complexity index is 529. The van der Waals surface area contributed by atoms with E-state index in [0.29, 0.717) is 12.2 Å². The number of amides is 1. The molecule has 0 spiro atoms. The molecule has 2 N–H and O–H groups in total. The highest BCUT2D eigenvalue weighted by atomic mass is 16.5. The summed E-state index contributed by atoms with van der Waals surface area (Å²) in [5, 5.41) is 12.4. The predicted octanol–water partition coefficient (Wildman–Crippen LogP) is 1.30. The first-order valence-corrected chi connectivity index (χ1v) is 7.56. The van der Waals surface area contributed by atoms with Crippen molar-refractivity contribution in [3.05, 3.63) is 29.8 Å². The molecule has 0 aliphatic carbocycles. The Morgan fingerprint density at radius 2 is 1.96 bits per heavy atom. The summed E-state index contributed by atoms with van der Waals surface area (Å²) in [7, 11) is 2.82. The third-order valence-corrected chi connectivity index (χ3v) is 3.37. The van der Waals surface area contributed by atoms with Gasteiger partial charge in [-0.15, -0.1) is 0 Å². The smallest absolute Gasteiger partial charge is 0.328 e. The van der Waals surface area contributed by atoms with Gasteiger partial charge < -0.3 is 19.9 Å². The monoisotopic (exact) mass is 323 g/mol. The molecule has 2 atom stereocenters. The Morgan fingerprint density at radius 1 is 1.26 bits per heavy atom. The van der Waals surface area contributed by atoms with Crippen molar-refractivity contribution in [2.24, 2.45) is 5.92 Å². The molecule has 6 heteroatoms. The average molecular weight is 323 g/mol. The van der Waals surface area contributed by atoms with Crippen LogP contribution in [0.4, 0.5) is 0 Å². The van der Waals surface area contributed by atoms with E-state index < -0.39 is 24.0 Å². The fourth-order valence-electron chi connectivity index (χ4n) is 2.19. The van der Waals surface area contributed by atoms with Gasteiger partial charge in [0.1, 0.15) is 17.9 Å². The number of aliphatic hydroxyl groups excluding tert-OH is 1. The van der Waals surface area contributed by atoms with Crippen LogP contribution in [0.1, 0.15) is 25.8 Å². The number of hydrogen-bond donors (Lipinski definition) is 2. The summed E-state index contributed by atoms with van der Waals surface area (Å²) >= 11 is 0. The summed E-state index contributed by atoms with van der Waals surface area (Å²) in [5.41, 5.74) is 0.818. The van der Waals surface area contributed by atoms with Crippen LogP contribution in [-0.4, -0.2) is 43.3 Å². The molecule has 23 heavy (non-hydrogen) atoms. The maximum absolute atomic E-state index is 12.0. The van der Waals surface area contributed by atoms with Crippen LogP contribution in [-0.2, 0) is 20.7 Å². The number of hydrogen-bond acceptors (Lipinski definition) is 5. The molecule has 1 amide bonds. The third-order valence-electron chi connectivity index (χ3n) is 3.37. The Labute approximate surface area is 136 Å². The summed E-state index contributed by atoms with van der Waals surface area (Å²) < 4.78 is 9.88. The number of rotatable bonds is 8. The van der Waals surface area contributed by atoms with Crippen molar-refractivity contribution >= 4 is 11.9 Å². The second-order valence-corrected chi connectivity index (χ2v) is 5.79. The highest BCUT2D eigenvalue weighted by Gasteiger charge is 2.25. The molecule has 1 aromatic carbocycles. The largest absolute Gasteiger partial charge is 0.497 e. The zero-order valence-electron chi connectivity index (χ0n) is 14.0. The van der Waals surface area contributed by atoms with E-state index in [0.717, 1.165) is 5.56 Å². The molecule has 0 fully saturated rings. The molecule has 0 unspecified atom stereocenters. The summed E-state index contributed by atoms with van der Waals surface area (Å²) in [4.78, 5) is 23.9. The molecule has 128 valence electrons. The van der Waals surface area contributed by atoms with Gasteiger partial charge >= 0.3 is 5.97 Å². The minimum atomic E-state index is -1.15. The molecule has 0 heterocycles. The first-order valence-electron chi connectivity index (χ1n) is 7.56. The first kappa shape index (κ1) is 19.0. The van der Waals surface area contributed by atoms with E-state index in [1.54, 1.807) is 25.3 Å². The van der Waals surface area contributed by atoms with E-state index in [9.17, 15) is 14.7 Å². The minimum absolute atomic E-state index is 0.172. The molecule has 0 aromatic heterocycles. The number of esters is 1. The molecular formula is C17H25NO5. The maximum atomic E-state index is 12.0. The lowest BCUT2D eigenvalue weighted by Crippen LogP contribution is -2.47.